The van der Waals surface area contributed by atoms with Crippen LogP contribution < -0.4 is 5.73 Å². The normalized spacial score (nSPS) is 13.2. The lowest BCUT2D eigenvalue weighted by atomic mass is 10.1. The fourth-order valence-corrected chi connectivity index (χ4v) is 3.20. The Kier molecular flexibility index (Phi) is 3.74. The highest BCUT2D eigenvalue weighted by molar-refractivity contribution is 7.14. The number of hydrogen-bond acceptors (Lipinski definition) is 4. The van der Waals surface area contributed by atoms with E-state index in [1.165, 1.54) is 4.88 Å². The molecule has 2 aromatic heterocycles. The van der Waals surface area contributed by atoms with Gasteiger partial charge in [0.1, 0.15) is 5.01 Å². The number of rotatable bonds is 4. The highest BCUT2D eigenvalue weighted by Crippen LogP contribution is 2.29. The molecule has 0 aliphatic rings. The van der Waals surface area contributed by atoms with Crippen LogP contribution in [-0.4, -0.2) is 4.98 Å². The Morgan fingerprint density at radius 3 is 2.81 bits per heavy atom. The van der Waals surface area contributed by atoms with Gasteiger partial charge < -0.3 is 5.73 Å². The van der Waals surface area contributed by atoms with Gasteiger partial charge in [-0.25, -0.2) is 4.98 Å². The predicted molar refractivity (Wildman–Crippen MR) is 71.8 cm³/mol. The van der Waals surface area contributed by atoms with Gasteiger partial charge in [0.15, 0.2) is 0 Å². The maximum absolute atomic E-state index is 6.11. The molecule has 0 aromatic carbocycles. The molecule has 0 saturated heterocycles. The van der Waals surface area contributed by atoms with E-state index in [-0.39, 0.29) is 6.04 Å². The lowest BCUT2D eigenvalue weighted by Crippen LogP contribution is -2.12. The number of nitrogens with zero attached hydrogens (tertiary/aromatic N) is 1. The standard InChI is InChI=1S/C12H16N2S2/c1-8(2)6-9(13)12-14-10(7-16-12)11-4-3-5-15-11/h3-5,7-9H,6,13H2,1-2H3. The van der Waals surface area contributed by atoms with Gasteiger partial charge in [0.2, 0.25) is 0 Å². The molecule has 16 heavy (non-hydrogen) atoms. The van der Waals surface area contributed by atoms with Crippen molar-refractivity contribution >= 4 is 22.7 Å². The molecule has 1 unspecified atom stereocenters. The maximum Gasteiger partial charge on any atom is 0.110 e. The maximum atomic E-state index is 6.11. The van der Waals surface area contributed by atoms with E-state index in [4.69, 9.17) is 5.73 Å². The van der Waals surface area contributed by atoms with Gasteiger partial charge in [0, 0.05) is 5.38 Å². The summed E-state index contributed by atoms with van der Waals surface area (Å²) in [7, 11) is 0. The first kappa shape index (κ1) is 11.8. The van der Waals surface area contributed by atoms with Crippen molar-refractivity contribution < 1.29 is 0 Å². The fourth-order valence-electron chi connectivity index (χ4n) is 1.60. The van der Waals surface area contributed by atoms with Crippen LogP contribution in [0.5, 0.6) is 0 Å². The third-order valence-corrected chi connectivity index (χ3v) is 4.21. The third kappa shape index (κ3) is 2.70. The second kappa shape index (κ2) is 5.08. The van der Waals surface area contributed by atoms with E-state index in [0.29, 0.717) is 5.92 Å². The molecule has 4 heteroatoms. The lowest BCUT2D eigenvalue weighted by Gasteiger charge is -2.10. The third-order valence-electron chi connectivity index (χ3n) is 2.34. The second-order valence-electron chi connectivity index (χ2n) is 4.28. The van der Waals surface area contributed by atoms with Crippen molar-refractivity contribution in [2.24, 2.45) is 11.7 Å². The molecule has 0 radical (unpaired) electrons. The first-order chi connectivity index (χ1) is 7.66. The van der Waals surface area contributed by atoms with Crippen molar-refractivity contribution in [2.75, 3.05) is 0 Å². The Morgan fingerprint density at radius 2 is 2.19 bits per heavy atom. The number of thiophene rings is 1. The molecular weight excluding hydrogens is 236 g/mol. The second-order valence-corrected chi connectivity index (χ2v) is 6.12. The Morgan fingerprint density at radius 1 is 1.38 bits per heavy atom. The van der Waals surface area contributed by atoms with Crippen LogP contribution in [0.2, 0.25) is 0 Å². The van der Waals surface area contributed by atoms with Gasteiger partial charge in [-0.2, -0.15) is 0 Å². The van der Waals surface area contributed by atoms with Crippen molar-refractivity contribution in [3.8, 4) is 10.6 Å². The fraction of sp³-hybridized carbons (Fsp3) is 0.417. The number of hydrogen-bond donors (Lipinski definition) is 1. The van der Waals surface area contributed by atoms with E-state index in [1.54, 1.807) is 22.7 Å². The summed E-state index contributed by atoms with van der Waals surface area (Å²) in [6, 6.07) is 4.23. The molecule has 2 N–H and O–H groups in total. The van der Waals surface area contributed by atoms with Gasteiger partial charge in [-0.15, -0.1) is 22.7 Å². The highest BCUT2D eigenvalue weighted by Gasteiger charge is 2.13. The van der Waals surface area contributed by atoms with Crippen molar-refractivity contribution in [2.45, 2.75) is 26.3 Å². The molecule has 0 fully saturated rings. The van der Waals surface area contributed by atoms with Crippen molar-refractivity contribution in [1.82, 2.24) is 4.98 Å². The molecule has 0 aliphatic heterocycles. The zero-order valence-corrected chi connectivity index (χ0v) is 11.1. The van der Waals surface area contributed by atoms with Crippen LogP contribution in [0, 0.1) is 5.92 Å². The van der Waals surface area contributed by atoms with Crippen LogP contribution in [0.4, 0.5) is 0 Å². The minimum absolute atomic E-state index is 0.0821. The van der Waals surface area contributed by atoms with Gasteiger partial charge in [0.25, 0.3) is 0 Å². The van der Waals surface area contributed by atoms with E-state index in [2.05, 4.69) is 35.7 Å². The molecular formula is C12H16N2S2. The summed E-state index contributed by atoms with van der Waals surface area (Å²) in [6.45, 7) is 4.38. The molecule has 2 nitrogen and oxygen atoms in total. The number of nitrogens with two attached hydrogens (primary N) is 1. The molecule has 0 saturated carbocycles. The smallest absolute Gasteiger partial charge is 0.110 e. The molecule has 0 spiro atoms. The summed E-state index contributed by atoms with van der Waals surface area (Å²) in [5.74, 6) is 0.615. The quantitative estimate of drug-likeness (QED) is 0.895. The topological polar surface area (TPSA) is 38.9 Å². The van der Waals surface area contributed by atoms with Crippen LogP contribution in [0.1, 0.15) is 31.3 Å². The first-order valence-corrected chi connectivity index (χ1v) is 7.17. The van der Waals surface area contributed by atoms with E-state index in [1.807, 2.05) is 6.07 Å². The Balaban J connectivity index is 2.13. The summed E-state index contributed by atoms with van der Waals surface area (Å²) >= 11 is 3.39. The van der Waals surface area contributed by atoms with Gasteiger partial charge in [-0.3, -0.25) is 0 Å². The summed E-state index contributed by atoms with van der Waals surface area (Å²) in [5.41, 5.74) is 7.18. The molecule has 0 bridgehead atoms. The highest BCUT2D eigenvalue weighted by atomic mass is 32.1. The molecule has 2 aromatic rings. The van der Waals surface area contributed by atoms with Crippen LogP contribution in [-0.2, 0) is 0 Å². The summed E-state index contributed by atoms with van der Waals surface area (Å²) < 4.78 is 0. The SMILES string of the molecule is CC(C)CC(N)c1nc(-c2cccs2)cs1. The largest absolute Gasteiger partial charge is 0.322 e. The van der Waals surface area contributed by atoms with Gasteiger partial charge >= 0.3 is 0 Å². The van der Waals surface area contributed by atoms with Crippen molar-refractivity contribution in [1.29, 1.82) is 0 Å². The van der Waals surface area contributed by atoms with Crippen molar-refractivity contribution in [3.05, 3.63) is 27.9 Å². The van der Waals surface area contributed by atoms with E-state index in [0.717, 1.165) is 17.1 Å². The van der Waals surface area contributed by atoms with Crippen LogP contribution in [0.25, 0.3) is 10.6 Å². The Labute approximate surface area is 104 Å². The zero-order valence-electron chi connectivity index (χ0n) is 9.51. The molecule has 0 aliphatic carbocycles. The van der Waals surface area contributed by atoms with Gasteiger partial charge in [-0.1, -0.05) is 19.9 Å². The molecule has 2 rings (SSSR count). The minimum Gasteiger partial charge on any atom is -0.322 e. The predicted octanol–water partition coefficient (Wildman–Crippen LogP) is 3.92. The number of aromatic nitrogens is 1. The average Bonchev–Trinajstić information content (AvgIpc) is 2.87. The number of thiazole rings is 1. The summed E-state index contributed by atoms with van der Waals surface area (Å²) in [5, 5.41) is 5.22. The van der Waals surface area contributed by atoms with Crippen LogP contribution in [0.3, 0.4) is 0 Å². The van der Waals surface area contributed by atoms with Crippen LogP contribution >= 0.6 is 22.7 Å². The lowest BCUT2D eigenvalue weighted by molar-refractivity contribution is 0.508. The molecule has 0 amide bonds. The van der Waals surface area contributed by atoms with E-state index >= 15 is 0 Å². The average molecular weight is 252 g/mol. The Hall–Kier alpha value is -0.710. The molecule has 86 valence electrons. The Bertz CT molecular complexity index is 432. The van der Waals surface area contributed by atoms with E-state index in [9.17, 15) is 0 Å². The van der Waals surface area contributed by atoms with Gasteiger partial charge in [-0.05, 0) is 23.8 Å². The van der Waals surface area contributed by atoms with Crippen LogP contribution in [0.15, 0.2) is 22.9 Å². The zero-order chi connectivity index (χ0) is 11.5. The van der Waals surface area contributed by atoms with E-state index < -0.39 is 0 Å². The monoisotopic (exact) mass is 252 g/mol. The summed E-state index contributed by atoms with van der Waals surface area (Å²) in [6.07, 6.45) is 0.997. The molecule has 2 heterocycles. The first-order valence-electron chi connectivity index (χ1n) is 5.41. The minimum atomic E-state index is 0.0821. The van der Waals surface area contributed by atoms with Crippen molar-refractivity contribution in [3.63, 3.8) is 0 Å². The molecule has 1 atom stereocenters. The summed E-state index contributed by atoms with van der Waals surface area (Å²) in [4.78, 5) is 5.83. The van der Waals surface area contributed by atoms with Gasteiger partial charge in [0.05, 0.1) is 16.6 Å².